The van der Waals surface area contributed by atoms with Gasteiger partial charge < -0.3 is 0 Å². The van der Waals surface area contributed by atoms with Crippen LogP contribution in [0.3, 0.4) is 0 Å². The summed E-state index contributed by atoms with van der Waals surface area (Å²) in [6.45, 7) is 30.5. The van der Waals surface area contributed by atoms with Crippen LogP contribution in [0.4, 0.5) is 0 Å². The van der Waals surface area contributed by atoms with E-state index in [1.165, 1.54) is 37.7 Å². The van der Waals surface area contributed by atoms with Gasteiger partial charge in [0.25, 0.3) is 0 Å². The highest BCUT2D eigenvalue weighted by molar-refractivity contribution is 5.34. The molecule has 0 radical (unpaired) electrons. The second kappa shape index (κ2) is 9.80. The zero-order valence-corrected chi connectivity index (χ0v) is 21.3. The molecule has 0 bridgehead atoms. The fourth-order valence-corrected chi connectivity index (χ4v) is 3.79. The average molecular weight is 377 g/mol. The monoisotopic (exact) mass is 376 g/mol. The molecule has 27 heavy (non-hydrogen) atoms. The van der Waals surface area contributed by atoms with Gasteiger partial charge in [0.05, 0.1) is 0 Å². The Labute approximate surface area is 173 Å². The number of hydrogen-bond acceptors (Lipinski definition) is 0. The molecule has 0 aliphatic heterocycles. The van der Waals surface area contributed by atoms with Crippen LogP contribution in [0.2, 0.25) is 0 Å². The minimum absolute atomic E-state index is 0.259. The van der Waals surface area contributed by atoms with Gasteiger partial charge in [0.1, 0.15) is 0 Å². The van der Waals surface area contributed by atoms with Crippen LogP contribution in [0.1, 0.15) is 122 Å². The Kier molecular flexibility index (Phi) is 9.61. The van der Waals surface area contributed by atoms with Crippen LogP contribution >= 0.6 is 0 Å². The zero-order valence-electron chi connectivity index (χ0n) is 21.3. The first kappa shape index (κ1) is 26.5. The molecule has 160 valence electrons. The number of hydrogen-bond donors (Lipinski definition) is 0. The van der Waals surface area contributed by atoms with E-state index in [9.17, 15) is 0 Å². The van der Waals surface area contributed by atoms with Crippen LogP contribution in [0.15, 0.2) is 23.3 Å². The van der Waals surface area contributed by atoms with Crippen molar-refractivity contribution in [3.05, 3.63) is 23.3 Å². The molecule has 2 atom stereocenters. The van der Waals surface area contributed by atoms with Gasteiger partial charge in [-0.05, 0) is 52.4 Å². The Morgan fingerprint density at radius 3 is 1.74 bits per heavy atom. The molecule has 0 nitrogen and oxygen atoms in total. The van der Waals surface area contributed by atoms with Crippen LogP contribution in [0, 0.1) is 27.6 Å². The van der Waals surface area contributed by atoms with Crippen LogP contribution in [-0.2, 0) is 0 Å². The molecular formula is C27H52. The summed E-state index contributed by atoms with van der Waals surface area (Å²) in [5, 5.41) is 0. The Balaban J connectivity index is 0.000000972. The third-order valence-electron chi connectivity index (χ3n) is 7.44. The lowest BCUT2D eigenvalue weighted by Gasteiger charge is -2.46. The van der Waals surface area contributed by atoms with Crippen molar-refractivity contribution in [2.24, 2.45) is 27.6 Å². The smallest absolute Gasteiger partial charge is 0.00796 e. The lowest BCUT2D eigenvalue weighted by Crippen LogP contribution is -2.37. The molecule has 1 rings (SSSR count). The fourth-order valence-electron chi connectivity index (χ4n) is 3.79. The molecule has 0 fully saturated rings. The minimum Gasteiger partial charge on any atom is -0.0808 e. The van der Waals surface area contributed by atoms with Crippen LogP contribution in [0.25, 0.3) is 0 Å². The van der Waals surface area contributed by atoms with Crippen molar-refractivity contribution >= 4 is 0 Å². The van der Waals surface area contributed by atoms with Crippen molar-refractivity contribution in [3.63, 3.8) is 0 Å². The molecule has 0 N–H and O–H groups in total. The predicted molar refractivity (Wildman–Crippen MR) is 126 cm³/mol. The first-order valence-corrected chi connectivity index (χ1v) is 11.5. The normalized spacial score (nSPS) is 22.9. The van der Waals surface area contributed by atoms with Crippen molar-refractivity contribution in [3.8, 4) is 0 Å². The fraction of sp³-hybridized carbons (Fsp3) is 0.852. The molecule has 1 aliphatic rings. The van der Waals surface area contributed by atoms with Gasteiger partial charge in [-0.15, -0.1) is 0 Å². The van der Waals surface area contributed by atoms with E-state index in [2.05, 4.69) is 102 Å². The maximum absolute atomic E-state index is 2.54. The second-order valence-electron chi connectivity index (χ2n) is 11.9. The highest BCUT2D eigenvalue weighted by atomic mass is 14.5. The number of rotatable bonds is 4. The van der Waals surface area contributed by atoms with Gasteiger partial charge in [0.2, 0.25) is 0 Å². The SMILES string of the molecule is CCC(C)(C)C.CCC1=CC(C(C)(C)C)=CCCC1(C)C(C)C(C)(C)CC. The Hall–Kier alpha value is -0.520. The lowest BCUT2D eigenvalue weighted by molar-refractivity contribution is 0.0898. The topological polar surface area (TPSA) is 0 Å². The maximum Gasteiger partial charge on any atom is -0.00796 e. The molecule has 0 aromatic heterocycles. The highest BCUT2D eigenvalue weighted by Crippen LogP contribution is 2.52. The van der Waals surface area contributed by atoms with Crippen LogP contribution in [-0.4, -0.2) is 0 Å². The molecule has 1 aliphatic carbocycles. The summed E-state index contributed by atoms with van der Waals surface area (Å²) >= 11 is 0. The molecule has 0 heterocycles. The van der Waals surface area contributed by atoms with Gasteiger partial charge in [-0.3, -0.25) is 0 Å². The Morgan fingerprint density at radius 2 is 1.41 bits per heavy atom. The largest absolute Gasteiger partial charge is 0.0808 e. The second-order valence-corrected chi connectivity index (χ2v) is 11.9. The van der Waals surface area contributed by atoms with Crippen molar-refractivity contribution < 1.29 is 0 Å². The average Bonchev–Trinajstić information content (AvgIpc) is 2.73. The van der Waals surface area contributed by atoms with Crippen LogP contribution in [0.5, 0.6) is 0 Å². The lowest BCUT2D eigenvalue weighted by atomic mass is 9.59. The zero-order chi connectivity index (χ0) is 21.7. The third kappa shape index (κ3) is 7.78. The Morgan fingerprint density at radius 1 is 0.926 bits per heavy atom. The molecular weight excluding hydrogens is 324 g/mol. The molecule has 0 saturated heterocycles. The summed E-state index contributed by atoms with van der Waals surface area (Å²) in [5.74, 6) is 0.703. The van der Waals surface area contributed by atoms with Gasteiger partial charge in [0, 0.05) is 0 Å². The van der Waals surface area contributed by atoms with E-state index < -0.39 is 0 Å². The van der Waals surface area contributed by atoms with Gasteiger partial charge in [-0.2, -0.15) is 0 Å². The highest BCUT2D eigenvalue weighted by Gasteiger charge is 2.42. The van der Waals surface area contributed by atoms with Crippen molar-refractivity contribution in [2.75, 3.05) is 0 Å². The molecule has 0 aromatic rings. The summed E-state index contributed by atoms with van der Waals surface area (Å²) in [7, 11) is 0. The van der Waals surface area contributed by atoms with Gasteiger partial charge in [-0.1, -0.05) is 121 Å². The van der Waals surface area contributed by atoms with Gasteiger partial charge >= 0.3 is 0 Å². The maximum atomic E-state index is 2.54. The summed E-state index contributed by atoms with van der Waals surface area (Å²) in [6.07, 6.45) is 11.2. The van der Waals surface area contributed by atoms with E-state index in [1.54, 1.807) is 5.57 Å². The first-order chi connectivity index (χ1) is 12.0. The summed E-state index contributed by atoms with van der Waals surface area (Å²) in [5.41, 5.74) is 4.72. The molecule has 0 heteroatoms. The quantitative estimate of drug-likeness (QED) is 0.458. The van der Waals surface area contributed by atoms with E-state index in [1.807, 2.05) is 0 Å². The van der Waals surface area contributed by atoms with Gasteiger partial charge in [0.15, 0.2) is 0 Å². The van der Waals surface area contributed by atoms with Gasteiger partial charge in [-0.25, -0.2) is 0 Å². The van der Waals surface area contributed by atoms with Crippen molar-refractivity contribution in [2.45, 2.75) is 122 Å². The molecule has 0 aromatic carbocycles. The van der Waals surface area contributed by atoms with E-state index in [0.29, 0.717) is 22.2 Å². The Bertz CT molecular complexity index is 501. The molecule has 0 spiro atoms. The summed E-state index contributed by atoms with van der Waals surface area (Å²) < 4.78 is 0. The van der Waals surface area contributed by atoms with E-state index in [-0.39, 0.29) is 5.41 Å². The number of allylic oxidation sites excluding steroid dienone is 4. The van der Waals surface area contributed by atoms with E-state index >= 15 is 0 Å². The summed E-state index contributed by atoms with van der Waals surface area (Å²) in [4.78, 5) is 0. The van der Waals surface area contributed by atoms with E-state index in [4.69, 9.17) is 0 Å². The first-order valence-electron chi connectivity index (χ1n) is 11.5. The van der Waals surface area contributed by atoms with E-state index in [0.717, 1.165) is 0 Å². The van der Waals surface area contributed by atoms with Crippen molar-refractivity contribution in [1.29, 1.82) is 0 Å². The molecule has 0 saturated carbocycles. The standard InChI is InChI=1S/C21H38.C6H14/c1-10-17-15-18(19(4,5)6)13-12-14-21(17,9)16(3)20(7,8)11-2;1-5-6(2,3)4/h13,15-16H,10-12,14H2,1-9H3;5H2,1-4H3. The van der Waals surface area contributed by atoms with Crippen molar-refractivity contribution in [1.82, 2.24) is 0 Å². The third-order valence-corrected chi connectivity index (χ3v) is 7.44. The predicted octanol–water partition coefficient (Wildman–Crippen LogP) is 9.61. The molecule has 2 unspecified atom stereocenters. The summed E-state index contributed by atoms with van der Waals surface area (Å²) in [6, 6.07) is 0. The molecule has 0 amide bonds. The minimum atomic E-state index is 0.259. The van der Waals surface area contributed by atoms with Crippen LogP contribution < -0.4 is 0 Å².